The molecule has 2 atom stereocenters. The molecule has 78 valence electrons. The normalized spacial score (nSPS) is 26.2. The average Bonchev–Trinajstić information content (AvgIpc) is 2.50. The topological polar surface area (TPSA) is 69.4 Å². The van der Waals surface area contributed by atoms with E-state index >= 15 is 0 Å². The van der Waals surface area contributed by atoms with Gasteiger partial charge in [0.05, 0.1) is 5.75 Å². The van der Waals surface area contributed by atoms with Crippen LogP contribution < -0.4 is 5.73 Å². The Balaban J connectivity index is 2.51. The van der Waals surface area contributed by atoms with Gasteiger partial charge in [0.25, 0.3) is 0 Å². The molecule has 0 spiro atoms. The van der Waals surface area contributed by atoms with Crippen LogP contribution in [0.3, 0.4) is 0 Å². The van der Waals surface area contributed by atoms with Crippen LogP contribution in [0.2, 0.25) is 0 Å². The highest BCUT2D eigenvalue weighted by molar-refractivity contribution is 7.86. The molecule has 1 rings (SSSR count). The Kier molecular flexibility index (Phi) is 3.63. The molecule has 1 aliphatic rings. The molecule has 0 radical (unpaired) electrons. The minimum atomic E-state index is -4.41. The van der Waals surface area contributed by atoms with E-state index in [2.05, 4.69) is 0 Å². The predicted molar refractivity (Wildman–Crippen MR) is 46.4 cm³/mol. The molecule has 0 aromatic rings. The van der Waals surface area contributed by atoms with E-state index in [1.807, 2.05) is 0 Å². The fourth-order valence-electron chi connectivity index (χ4n) is 1.58. The third-order valence-corrected chi connectivity index (χ3v) is 3.17. The van der Waals surface area contributed by atoms with Crippen molar-refractivity contribution in [2.75, 3.05) is 25.5 Å². The number of hydrogen-bond donors (Lipinski definition) is 1. The van der Waals surface area contributed by atoms with Crippen molar-refractivity contribution in [3.8, 4) is 0 Å². The van der Waals surface area contributed by atoms with Gasteiger partial charge in [0.1, 0.15) is 0 Å². The van der Waals surface area contributed by atoms with Crippen LogP contribution in [-0.2, 0) is 15.0 Å². The first kappa shape index (κ1) is 10.9. The summed E-state index contributed by atoms with van der Waals surface area (Å²) in [5.74, 6) is -0.689. The van der Waals surface area contributed by atoms with Crippen molar-refractivity contribution in [3.63, 3.8) is 0 Å². The minimum absolute atomic E-state index is 0.0931. The average molecular weight is 211 g/mol. The van der Waals surface area contributed by atoms with E-state index in [0.29, 0.717) is 13.2 Å². The van der Waals surface area contributed by atoms with E-state index in [1.165, 1.54) is 0 Å². The summed E-state index contributed by atoms with van der Waals surface area (Å²) in [4.78, 5) is 0. The van der Waals surface area contributed by atoms with Gasteiger partial charge < -0.3 is 10.5 Å². The third-order valence-electron chi connectivity index (χ3n) is 2.35. The van der Waals surface area contributed by atoms with Crippen LogP contribution in [0.25, 0.3) is 0 Å². The van der Waals surface area contributed by atoms with Crippen LogP contribution in [-0.4, -0.2) is 33.9 Å². The molecular formula is C7H14FNO3S. The highest BCUT2D eigenvalue weighted by Gasteiger charge is 2.28. The predicted octanol–water partition coefficient (Wildman–Crippen LogP) is -0.103. The SMILES string of the molecule is NCC(CS(=O)(=O)F)C1CCOC1. The van der Waals surface area contributed by atoms with Gasteiger partial charge in [-0.25, -0.2) is 0 Å². The molecule has 0 amide bonds. The van der Waals surface area contributed by atoms with Gasteiger partial charge in [-0.2, -0.15) is 8.42 Å². The highest BCUT2D eigenvalue weighted by atomic mass is 32.3. The number of rotatable bonds is 4. The molecule has 4 nitrogen and oxygen atoms in total. The molecule has 0 bridgehead atoms. The van der Waals surface area contributed by atoms with Crippen LogP contribution in [0, 0.1) is 11.8 Å². The summed E-state index contributed by atoms with van der Waals surface area (Å²) < 4.78 is 38.2. The lowest BCUT2D eigenvalue weighted by molar-refractivity contribution is 0.175. The minimum Gasteiger partial charge on any atom is -0.381 e. The first-order valence-electron chi connectivity index (χ1n) is 4.23. The Hall–Kier alpha value is -0.200. The summed E-state index contributed by atoms with van der Waals surface area (Å²) in [6.45, 7) is 1.31. The van der Waals surface area contributed by atoms with Crippen LogP contribution in [0.4, 0.5) is 3.89 Å². The molecular weight excluding hydrogens is 197 g/mol. The van der Waals surface area contributed by atoms with E-state index in [9.17, 15) is 12.3 Å². The lowest BCUT2D eigenvalue weighted by atomic mass is 9.93. The molecule has 1 heterocycles. The van der Waals surface area contributed by atoms with Gasteiger partial charge in [0, 0.05) is 13.2 Å². The molecule has 0 saturated carbocycles. The van der Waals surface area contributed by atoms with Crippen LogP contribution in [0.15, 0.2) is 0 Å². The van der Waals surface area contributed by atoms with E-state index < -0.39 is 16.0 Å². The van der Waals surface area contributed by atoms with Gasteiger partial charge in [0.2, 0.25) is 0 Å². The zero-order valence-electron chi connectivity index (χ0n) is 7.28. The zero-order valence-corrected chi connectivity index (χ0v) is 8.10. The van der Waals surface area contributed by atoms with Crippen LogP contribution in [0.5, 0.6) is 0 Å². The van der Waals surface area contributed by atoms with Crippen molar-refractivity contribution in [2.45, 2.75) is 6.42 Å². The lowest BCUT2D eigenvalue weighted by Gasteiger charge is -2.17. The van der Waals surface area contributed by atoms with Crippen molar-refractivity contribution >= 4 is 10.2 Å². The molecule has 1 saturated heterocycles. The van der Waals surface area contributed by atoms with E-state index in [-0.39, 0.29) is 18.4 Å². The number of nitrogens with two attached hydrogens (primary N) is 1. The van der Waals surface area contributed by atoms with Crippen LogP contribution in [0.1, 0.15) is 6.42 Å². The molecule has 0 aromatic carbocycles. The van der Waals surface area contributed by atoms with Gasteiger partial charge in [-0.3, -0.25) is 0 Å². The van der Waals surface area contributed by atoms with Crippen molar-refractivity contribution in [1.82, 2.24) is 0 Å². The Labute approximate surface area is 77.5 Å². The van der Waals surface area contributed by atoms with E-state index in [1.54, 1.807) is 0 Å². The summed E-state index contributed by atoms with van der Waals surface area (Å²) in [6, 6.07) is 0. The Morgan fingerprint density at radius 1 is 1.62 bits per heavy atom. The van der Waals surface area contributed by atoms with Crippen molar-refractivity contribution in [3.05, 3.63) is 0 Å². The summed E-state index contributed by atoms with van der Waals surface area (Å²) in [6.07, 6.45) is 0.775. The van der Waals surface area contributed by atoms with Gasteiger partial charge in [-0.15, -0.1) is 3.89 Å². The monoisotopic (exact) mass is 211 g/mol. The van der Waals surface area contributed by atoms with Gasteiger partial charge in [0.15, 0.2) is 0 Å². The van der Waals surface area contributed by atoms with Crippen LogP contribution >= 0.6 is 0 Å². The smallest absolute Gasteiger partial charge is 0.302 e. The fourth-order valence-corrected chi connectivity index (χ4v) is 2.50. The highest BCUT2D eigenvalue weighted by Crippen LogP contribution is 2.23. The van der Waals surface area contributed by atoms with Gasteiger partial charge in [-0.05, 0) is 24.8 Å². The second-order valence-corrected chi connectivity index (χ2v) is 4.74. The fraction of sp³-hybridized carbons (Fsp3) is 1.00. The summed E-state index contributed by atoms with van der Waals surface area (Å²) in [7, 11) is -4.41. The van der Waals surface area contributed by atoms with Gasteiger partial charge >= 0.3 is 10.2 Å². The molecule has 2 N–H and O–H groups in total. The third kappa shape index (κ3) is 3.58. The summed E-state index contributed by atoms with van der Waals surface area (Å²) in [5.41, 5.74) is 5.37. The van der Waals surface area contributed by atoms with Gasteiger partial charge in [-0.1, -0.05) is 0 Å². The largest absolute Gasteiger partial charge is 0.381 e. The standard InChI is InChI=1S/C7H14FNO3S/c8-13(10,11)5-7(3-9)6-1-2-12-4-6/h6-7H,1-5,9H2. The maximum absolute atomic E-state index is 12.4. The maximum Gasteiger partial charge on any atom is 0.302 e. The second kappa shape index (κ2) is 4.34. The first-order chi connectivity index (χ1) is 6.03. The Bertz CT molecular complexity index is 248. The summed E-state index contributed by atoms with van der Waals surface area (Å²) in [5, 5.41) is 0. The molecule has 13 heavy (non-hydrogen) atoms. The molecule has 6 heteroatoms. The Morgan fingerprint density at radius 2 is 2.31 bits per heavy atom. The molecule has 2 unspecified atom stereocenters. The van der Waals surface area contributed by atoms with E-state index in [0.717, 1.165) is 6.42 Å². The van der Waals surface area contributed by atoms with Crippen molar-refractivity contribution in [1.29, 1.82) is 0 Å². The zero-order chi connectivity index (χ0) is 9.90. The quantitative estimate of drug-likeness (QED) is 0.659. The Morgan fingerprint density at radius 3 is 2.69 bits per heavy atom. The molecule has 1 fully saturated rings. The lowest BCUT2D eigenvalue weighted by Crippen LogP contribution is -2.29. The van der Waals surface area contributed by atoms with E-state index in [4.69, 9.17) is 10.5 Å². The summed E-state index contributed by atoms with van der Waals surface area (Å²) >= 11 is 0. The first-order valence-corrected chi connectivity index (χ1v) is 5.78. The number of halogens is 1. The van der Waals surface area contributed by atoms with Crippen molar-refractivity contribution < 1.29 is 17.0 Å². The maximum atomic E-state index is 12.4. The molecule has 0 aliphatic carbocycles. The molecule has 1 aliphatic heterocycles. The molecule has 0 aromatic heterocycles. The van der Waals surface area contributed by atoms with Crippen molar-refractivity contribution in [2.24, 2.45) is 17.6 Å². The number of ether oxygens (including phenoxy) is 1. The second-order valence-electron chi connectivity index (χ2n) is 3.32. The number of hydrogen-bond acceptors (Lipinski definition) is 4.